The second kappa shape index (κ2) is 5.03. The first-order valence-electron chi connectivity index (χ1n) is 6.21. The lowest BCUT2D eigenvalue weighted by molar-refractivity contribution is 0.0636. The Morgan fingerprint density at radius 2 is 1.80 bits per heavy atom. The maximum Gasteiger partial charge on any atom is 0.412 e. The minimum atomic E-state index is -0.626. The van der Waals surface area contributed by atoms with Crippen molar-refractivity contribution in [3.63, 3.8) is 0 Å². The van der Waals surface area contributed by atoms with Crippen molar-refractivity contribution in [2.45, 2.75) is 33.3 Å². The Balaban J connectivity index is 2.26. The molecule has 0 aromatic heterocycles. The molecule has 1 N–H and O–H groups in total. The Hall–Kier alpha value is -2.24. The van der Waals surface area contributed by atoms with Crippen molar-refractivity contribution < 1.29 is 23.8 Å². The van der Waals surface area contributed by atoms with Crippen molar-refractivity contribution in [2.75, 3.05) is 12.1 Å². The Labute approximate surface area is 117 Å². The molecule has 0 aliphatic carbocycles. The van der Waals surface area contributed by atoms with Crippen molar-refractivity contribution in [1.82, 2.24) is 0 Å². The fourth-order valence-electron chi connectivity index (χ4n) is 1.75. The van der Waals surface area contributed by atoms with Crippen LogP contribution in [0.15, 0.2) is 12.1 Å². The maximum absolute atomic E-state index is 11.8. The van der Waals surface area contributed by atoms with Crippen LogP contribution in [0.5, 0.6) is 11.5 Å². The lowest BCUT2D eigenvalue weighted by Gasteiger charge is -2.20. The molecule has 1 aromatic carbocycles. The van der Waals surface area contributed by atoms with Gasteiger partial charge >= 0.3 is 6.09 Å². The van der Waals surface area contributed by atoms with E-state index in [1.807, 2.05) is 0 Å². The molecule has 0 fully saturated rings. The Bertz CT molecular complexity index is 559. The summed E-state index contributed by atoms with van der Waals surface area (Å²) in [6, 6.07) is 3.11. The van der Waals surface area contributed by atoms with Crippen molar-refractivity contribution >= 4 is 17.6 Å². The summed E-state index contributed by atoms with van der Waals surface area (Å²) in [7, 11) is 0. The van der Waals surface area contributed by atoms with E-state index in [2.05, 4.69) is 5.32 Å². The highest BCUT2D eigenvalue weighted by atomic mass is 16.7. The van der Waals surface area contributed by atoms with Gasteiger partial charge in [-0.2, -0.15) is 0 Å². The summed E-state index contributed by atoms with van der Waals surface area (Å²) < 4.78 is 15.6. The van der Waals surface area contributed by atoms with E-state index in [4.69, 9.17) is 14.2 Å². The average Bonchev–Trinajstić information content (AvgIpc) is 2.71. The van der Waals surface area contributed by atoms with E-state index in [0.717, 1.165) is 0 Å². The predicted molar refractivity (Wildman–Crippen MR) is 72.4 cm³/mol. The van der Waals surface area contributed by atoms with E-state index in [1.165, 1.54) is 6.92 Å². The summed E-state index contributed by atoms with van der Waals surface area (Å²) in [6.45, 7) is 6.80. The molecule has 108 valence electrons. The van der Waals surface area contributed by atoms with Gasteiger partial charge in [-0.3, -0.25) is 10.1 Å². The number of rotatable bonds is 2. The normalized spacial score (nSPS) is 13.0. The van der Waals surface area contributed by atoms with Crippen molar-refractivity contribution in [3.8, 4) is 11.5 Å². The van der Waals surface area contributed by atoms with Crippen molar-refractivity contribution in [2.24, 2.45) is 0 Å². The molecule has 1 heterocycles. The number of carbonyl (C=O) groups is 2. The first-order chi connectivity index (χ1) is 9.26. The zero-order valence-corrected chi connectivity index (χ0v) is 11.9. The maximum atomic E-state index is 11.8. The van der Waals surface area contributed by atoms with Gasteiger partial charge in [-0.15, -0.1) is 0 Å². The molecule has 1 aromatic rings. The van der Waals surface area contributed by atoms with E-state index < -0.39 is 11.7 Å². The Morgan fingerprint density at radius 1 is 1.20 bits per heavy atom. The van der Waals surface area contributed by atoms with E-state index >= 15 is 0 Å². The highest BCUT2D eigenvalue weighted by Crippen LogP contribution is 2.37. The Kier molecular flexibility index (Phi) is 3.57. The fourth-order valence-corrected chi connectivity index (χ4v) is 1.75. The summed E-state index contributed by atoms with van der Waals surface area (Å²) >= 11 is 0. The molecular weight excluding hydrogens is 262 g/mol. The van der Waals surface area contributed by atoms with Crippen LogP contribution in [0, 0.1) is 0 Å². The number of Topliss-reactive ketones (excluding diaryl/α,β-unsaturated/α-hetero) is 1. The standard InChI is InChI=1S/C14H17NO5/c1-8(16)9-5-11-12(19-7-18-11)6-10(9)15-13(17)20-14(2,3)4/h5-6H,7H2,1-4H3,(H,15,17). The van der Waals surface area contributed by atoms with Gasteiger partial charge in [-0.1, -0.05) is 0 Å². The van der Waals surface area contributed by atoms with Crippen LogP contribution in [0.3, 0.4) is 0 Å². The smallest absolute Gasteiger partial charge is 0.412 e. The molecule has 0 spiro atoms. The SMILES string of the molecule is CC(=O)c1cc2c(cc1NC(=O)OC(C)(C)C)OCO2. The van der Waals surface area contributed by atoms with Gasteiger partial charge in [-0.05, 0) is 33.8 Å². The highest BCUT2D eigenvalue weighted by Gasteiger charge is 2.22. The van der Waals surface area contributed by atoms with Crippen LogP contribution >= 0.6 is 0 Å². The number of benzene rings is 1. The van der Waals surface area contributed by atoms with Crippen LogP contribution in [-0.4, -0.2) is 24.3 Å². The number of fused-ring (bicyclic) bond motifs is 1. The van der Waals surface area contributed by atoms with Gasteiger partial charge in [0.25, 0.3) is 0 Å². The second-order valence-corrected chi connectivity index (χ2v) is 5.43. The fraction of sp³-hybridized carbons (Fsp3) is 0.429. The number of ether oxygens (including phenoxy) is 3. The molecule has 0 unspecified atom stereocenters. The molecule has 1 aliphatic rings. The number of carbonyl (C=O) groups excluding carboxylic acids is 2. The minimum absolute atomic E-state index is 0.0998. The molecule has 0 atom stereocenters. The Morgan fingerprint density at radius 3 is 2.35 bits per heavy atom. The van der Waals surface area contributed by atoms with Crippen molar-refractivity contribution in [3.05, 3.63) is 17.7 Å². The second-order valence-electron chi connectivity index (χ2n) is 5.43. The quantitative estimate of drug-likeness (QED) is 0.842. The van der Waals surface area contributed by atoms with Gasteiger partial charge < -0.3 is 14.2 Å². The average molecular weight is 279 g/mol. The van der Waals surface area contributed by atoms with Crippen LogP contribution in [0.4, 0.5) is 10.5 Å². The van der Waals surface area contributed by atoms with Gasteiger partial charge in [0.2, 0.25) is 6.79 Å². The van der Waals surface area contributed by atoms with E-state index in [1.54, 1.807) is 32.9 Å². The third-order valence-electron chi connectivity index (χ3n) is 2.53. The van der Waals surface area contributed by atoms with Crippen LogP contribution in [0.25, 0.3) is 0 Å². The first-order valence-corrected chi connectivity index (χ1v) is 6.21. The zero-order chi connectivity index (χ0) is 14.9. The zero-order valence-electron chi connectivity index (χ0n) is 11.9. The number of amides is 1. The van der Waals surface area contributed by atoms with Gasteiger partial charge in [0.05, 0.1) is 5.69 Å². The molecule has 6 nitrogen and oxygen atoms in total. The molecule has 20 heavy (non-hydrogen) atoms. The van der Waals surface area contributed by atoms with Crippen LogP contribution in [0.1, 0.15) is 38.1 Å². The van der Waals surface area contributed by atoms with Gasteiger partial charge in [0.1, 0.15) is 5.60 Å². The summed E-state index contributed by atoms with van der Waals surface area (Å²) in [5.41, 5.74) is 0.0766. The van der Waals surface area contributed by atoms with Crippen LogP contribution in [0.2, 0.25) is 0 Å². The molecule has 0 saturated carbocycles. The van der Waals surface area contributed by atoms with Gasteiger partial charge in [0.15, 0.2) is 17.3 Å². The number of hydrogen-bond acceptors (Lipinski definition) is 5. The molecule has 1 aliphatic heterocycles. The first kappa shape index (κ1) is 14.2. The van der Waals surface area contributed by atoms with Gasteiger partial charge in [0, 0.05) is 11.6 Å². The minimum Gasteiger partial charge on any atom is -0.454 e. The van der Waals surface area contributed by atoms with Crippen LogP contribution in [-0.2, 0) is 4.74 Å². The highest BCUT2D eigenvalue weighted by molar-refractivity contribution is 6.03. The molecule has 2 rings (SSSR count). The molecular formula is C14H17NO5. The summed E-state index contributed by atoms with van der Waals surface area (Å²) in [5.74, 6) is 0.792. The molecule has 6 heteroatoms. The lowest BCUT2D eigenvalue weighted by atomic mass is 10.1. The molecule has 0 bridgehead atoms. The number of hydrogen-bond donors (Lipinski definition) is 1. The third kappa shape index (κ3) is 3.20. The topological polar surface area (TPSA) is 73.9 Å². The molecule has 0 radical (unpaired) electrons. The predicted octanol–water partition coefficient (Wildman–Crippen LogP) is 2.96. The monoisotopic (exact) mass is 279 g/mol. The number of anilines is 1. The molecule has 0 saturated heterocycles. The van der Waals surface area contributed by atoms with E-state index in [-0.39, 0.29) is 12.6 Å². The van der Waals surface area contributed by atoms with Gasteiger partial charge in [-0.25, -0.2) is 4.79 Å². The molecule has 1 amide bonds. The van der Waals surface area contributed by atoms with Crippen molar-refractivity contribution in [1.29, 1.82) is 0 Å². The van der Waals surface area contributed by atoms with Crippen LogP contribution < -0.4 is 14.8 Å². The number of ketones is 1. The van der Waals surface area contributed by atoms with E-state index in [0.29, 0.717) is 22.7 Å². The summed E-state index contributed by atoms with van der Waals surface area (Å²) in [6.07, 6.45) is -0.626. The van der Waals surface area contributed by atoms with E-state index in [9.17, 15) is 9.59 Å². The number of nitrogens with one attached hydrogen (secondary N) is 1. The summed E-state index contributed by atoms with van der Waals surface area (Å²) in [4.78, 5) is 23.4. The lowest BCUT2D eigenvalue weighted by Crippen LogP contribution is -2.27. The largest absolute Gasteiger partial charge is 0.454 e. The summed E-state index contributed by atoms with van der Waals surface area (Å²) in [5, 5.41) is 2.56. The third-order valence-corrected chi connectivity index (χ3v) is 2.53.